The summed E-state index contributed by atoms with van der Waals surface area (Å²) in [6.07, 6.45) is 9.48. The molecule has 1 aliphatic carbocycles. The maximum atomic E-state index is 12.3. The summed E-state index contributed by atoms with van der Waals surface area (Å²) >= 11 is 0. The maximum absolute atomic E-state index is 12.3. The predicted octanol–water partition coefficient (Wildman–Crippen LogP) is 2.96. The van der Waals surface area contributed by atoms with Crippen LogP contribution in [0, 0.1) is 0 Å². The number of likely N-dealkylation sites (tertiary alicyclic amines) is 1. The van der Waals surface area contributed by atoms with E-state index in [1.165, 1.54) is 19.3 Å². The quantitative estimate of drug-likeness (QED) is 0.884. The molecule has 1 aliphatic heterocycles. The number of rotatable bonds is 5. The molecule has 2 aromatic heterocycles. The van der Waals surface area contributed by atoms with Crippen LogP contribution in [0.3, 0.4) is 0 Å². The van der Waals surface area contributed by atoms with Gasteiger partial charge >= 0.3 is 0 Å². The van der Waals surface area contributed by atoms with Crippen molar-refractivity contribution in [3.8, 4) is 11.7 Å². The van der Waals surface area contributed by atoms with Crippen LogP contribution in [0.1, 0.15) is 56.8 Å². The lowest BCUT2D eigenvalue weighted by Gasteiger charge is -2.30. The van der Waals surface area contributed by atoms with Gasteiger partial charge in [0.1, 0.15) is 0 Å². The first-order valence-electron chi connectivity index (χ1n) is 9.67. The van der Waals surface area contributed by atoms with Gasteiger partial charge in [-0.3, -0.25) is 9.69 Å². The van der Waals surface area contributed by atoms with E-state index in [1.54, 1.807) is 12.3 Å². The van der Waals surface area contributed by atoms with Crippen molar-refractivity contribution in [3.05, 3.63) is 24.3 Å². The van der Waals surface area contributed by atoms with Crippen LogP contribution in [0.2, 0.25) is 0 Å². The lowest BCUT2D eigenvalue weighted by Crippen LogP contribution is -2.44. The summed E-state index contributed by atoms with van der Waals surface area (Å²) in [7, 11) is 0. The Bertz CT molecular complexity index is 698. The van der Waals surface area contributed by atoms with E-state index in [0.717, 1.165) is 38.8 Å². The number of carbonyl (C=O) groups excluding carboxylic acids is 1. The van der Waals surface area contributed by atoms with Gasteiger partial charge in [0.25, 0.3) is 5.89 Å². The van der Waals surface area contributed by atoms with Crippen LogP contribution in [-0.2, 0) is 4.79 Å². The number of nitrogens with one attached hydrogen (secondary N) is 1. The SMILES string of the molecule is O=C(CN1CCC(c2nnc(-c3ccco3)o2)CC1)NC1CCCCC1. The Balaban J connectivity index is 1.24. The molecule has 0 unspecified atom stereocenters. The van der Waals surface area contributed by atoms with Crippen LogP contribution in [0.15, 0.2) is 27.2 Å². The van der Waals surface area contributed by atoms with Crippen LogP contribution >= 0.6 is 0 Å². The lowest BCUT2D eigenvalue weighted by atomic mass is 9.95. The van der Waals surface area contributed by atoms with Crippen LogP contribution in [0.5, 0.6) is 0 Å². The molecule has 1 amide bonds. The highest BCUT2D eigenvalue weighted by Crippen LogP contribution is 2.29. The van der Waals surface area contributed by atoms with Gasteiger partial charge in [-0.15, -0.1) is 10.2 Å². The van der Waals surface area contributed by atoms with Gasteiger partial charge in [-0.05, 0) is 50.9 Å². The summed E-state index contributed by atoms with van der Waals surface area (Å²) < 4.78 is 11.1. The molecule has 1 saturated heterocycles. The summed E-state index contributed by atoms with van der Waals surface area (Å²) in [6.45, 7) is 2.24. The monoisotopic (exact) mass is 358 g/mol. The summed E-state index contributed by atoms with van der Waals surface area (Å²) in [5.74, 6) is 2.11. The van der Waals surface area contributed by atoms with Crippen molar-refractivity contribution in [2.24, 2.45) is 0 Å². The van der Waals surface area contributed by atoms with Crippen molar-refractivity contribution in [1.29, 1.82) is 0 Å². The molecule has 2 aliphatic rings. The Morgan fingerprint density at radius 2 is 1.96 bits per heavy atom. The van der Waals surface area contributed by atoms with Crippen LogP contribution in [0.4, 0.5) is 0 Å². The van der Waals surface area contributed by atoms with Gasteiger partial charge < -0.3 is 14.2 Å². The molecule has 0 aromatic carbocycles. The van der Waals surface area contributed by atoms with Gasteiger partial charge in [0.05, 0.1) is 12.8 Å². The fraction of sp³-hybridized carbons (Fsp3) is 0.632. The van der Waals surface area contributed by atoms with E-state index in [-0.39, 0.29) is 11.8 Å². The van der Waals surface area contributed by atoms with Crippen LogP contribution in [0.25, 0.3) is 11.7 Å². The maximum Gasteiger partial charge on any atom is 0.283 e. The van der Waals surface area contributed by atoms with E-state index in [0.29, 0.717) is 30.1 Å². The van der Waals surface area contributed by atoms with Gasteiger partial charge in [-0.2, -0.15) is 0 Å². The van der Waals surface area contributed by atoms with Crippen molar-refractivity contribution in [1.82, 2.24) is 20.4 Å². The van der Waals surface area contributed by atoms with E-state index in [9.17, 15) is 4.79 Å². The first kappa shape index (κ1) is 17.3. The molecule has 0 radical (unpaired) electrons. The molecule has 2 fully saturated rings. The third kappa shape index (κ3) is 4.15. The molecule has 0 atom stereocenters. The number of aromatic nitrogens is 2. The number of hydrogen-bond acceptors (Lipinski definition) is 6. The third-order valence-corrected chi connectivity index (χ3v) is 5.45. The van der Waals surface area contributed by atoms with Crippen molar-refractivity contribution in [3.63, 3.8) is 0 Å². The van der Waals surface area contributed by atoms with Crippen molar-refractivity contribution in [2.45, 2.75) is 56.9 Å². The highest BCUT2D eigenvalue weighted by molar-refractivity contribution is 5.78. The predicted molar refractivity (Wildman–Crippen MR) is 95.4 cm³/mol. The minimum Gasteiger partial charge on any atom is -0.459 e. The Morgan fingerprint density at radius 1 is 1.15 bits per heavy atom. The second-order valence-corrected chi connectivity index (χ2v) is 7.38. The van der Waals surface area contributed by atoms with E-state index >= 15 is 0 Å². The molecule has 4 rings (SSSR count). The number of furan rings is 1. The Morgan fingerprint density at radius 3 is 2.69 bits per heavy atom. The largest absolute Gasteiger partial charge is 0.459 e. The van der Waals surface area contributed by atoms with E-state index < -0.39 is 0 Å². The summed E-state index contributed by atoms with van der Waals surface area (Å²) in [6, 6.07) is 3.99. The average molecular weight is 358 g/mol. The summed E-state index contributed by atoms with van der Waals surface area (Å²) in [5.41, 5.74) is 0. The zero-order chi connectivity index (χ0) is 17.8. The summed E-state index contributed by atoms with van der Waals surface area (Å²) in [4.78, 5) is 14.5. The molecule has 26 heavy (non-hydrogen) atoms. The molecule has 7 heteroatoms. The Hall–Kier alpha value is -2.15. The van der Waals surface area contributed by atoms with Crippen molar-refractivity contribution in [2.75, 3.05) is 19.6 Å². The topological polar surface area (TPSA) is 84.4 Å². The zero-order valence-corrected chi connectivity index (χ0v) is 15.0. The van der Waals surface area contributed by atoms with Gasteiger partial charge in [-0.1, -0.05) is 19.3 Å². The van der Waals surface area contributed by atoms with Crippen molar-refractivity contribution >= 4 is 5.91 Å². The van der Waals surface area contributed by atoms with Gasteiger partial charge in [0, 0.05) is 12.0 Å². The number of nitrogens with zero attached hydrogens (tertiary/aromatic N) is 3. The molecule has 2 aromatic rings. The first-order valence-corrected chi connectivity index (χ1v) is 9.67. The highest BCUT2D eigenvalue weighted by atomic mass is 16.4. The zero-order valence-electron chi connectivity index (χ0n) is 15.0. The minimum absolute atomic E-state index is 0.160. The number of amides is 1. The van der Waals surface area contributed by atoms with Gasteiger partial charge in [-0.25, -0.2) is 0 Å². The molecule has 0 spiro atoms. The van der Waals surface area contributed by atoms with E-state index in [2.05, 4.69) is 20.4 Å². The molecule has 140 valence electrons. The van der Waals surface area contributed by atoms with E-state index in [1.807, 2.05) is 6.07 Å². The number of piperidine rings is 1. The second kappa shape index (κ2) is 8.03. The average Bonchev–Trinajstić information content (AvgIpc) is 3.35. The molecule has 1 N–H and O–H groups in total. The number of carbonyl (C=O) groups is 1. The normalized spacial score (nSPS) is 20.3. The molecular formula is C19H26N4O3. The molecule has 1 saturated carbocycles. The molecule has 0 bridgehead atoms. The highest BCUT2D eigenvalue weighted by Gasteiger charge is 2.27. The summed E-state index contributed by atoms with van der Waals surface area (Å²) in [5, 5.41) is 11.5. The van der Waals surface area contributed by atoms with E-state index in [4.69, 9.17) is 8.83 Å². The van der Waals surface area contributed by atoms with Gasteiger partial charge in [0.15, 0.2) is 5.76 Å². The molecular weight excluding hydrogens is 332 g/mol. The second-order valence-electron chi connectivity index (χ2n) is 7.38. The number of hydrogen-bond donors (Lipinski definition) is 1. The third-order valence-electron chi connectivity index (χ3n) is 5.45. The van der Waals surface area contributed by atoms with Crippen LogP contribution in [-0.4, -0.2) is 46.7 Å². The Kier molecular flexibility index (Phi) is 5.34. The fourth-order valence-electron chi connectivity index (χ4n) is 3.96. The standard InChI is InChI=1S/C19H26N4O3/c24-17(20-15-5-2-1-3-6-15)13-23-10-8-14(9-11-23)18-21-22-19(26-18)16-7-4-12-25-16/h4,7,12,14-15H,1-3,5-6,8-11,13H2,(H,20,24). The smallest absolute Gasteiger partial charge is 0.283 e. The van der Waals surface area contributed by atoms with Crippen molar-refractivity contribution < 1.29 is 13.6 Å². The fourth-order valence-corrected chi connectivity index (χ4v) is 3.96. The lowest BCUT2D eigenvalue weighted by molar-refractivity contribution is -0.123. The van der Waals surface area contributed by atoms with Crippen LogP contribution < -0.4 is 5.32 Å². The Labute approximate surface area is 153 Å². The van der Waals surface area contributed by atoms with Gasteiger partial charge in [0.2, 0.25) is 11.8 Å². The molecule has 3 heterocycles. The minimum atomic E-state index is 0.160. The molecule has 7 nitrogen and oxygen atoms in total. The first-order chi connectivity index (χ1) is 12.8.